The lowest BCUT2D eigenvalue weighted by atomic mass is 9.78. The molecular weight excluding hydrogens is 230 g/mol. The van der Waals surface area contributed by atoms with Crippen LogP contribution in [-0.4, -0.2) is 12.6 Å². The second-order valence-corrected chi connectivity index (χ2v) is 6.46. The van der Waals surface area contributed by atoms with E-state index in [4.69, 9.17) is 0 Å². The van der Waals surface area contributed by atoms with Gasteiger partial charge >= 0.3 is 0 Å². The third kappa shape index (κ3) is 4.07. The maximum atomic E-state index is 3.80. The summed E-state index contributed by atoms with van der Waals surface area (Å²) in [6, 6.07) is 9.71. The fraction of sp³-hybridized carbons (Fsp3) is 0.667. The van der Waals surface area contributed by atoms with E-state index in [0.717, 1.165) is 18.4 Å². The first-order chi connectivity index (χ1) is 9.20. The first-order valence-corrected chi connectivity index (χ1v) is 8.00. The average Bonchev–Trinajstić information content (AvgIpc) is 2.42. The van der Waals surface area contributed by atoms with Gasteiger partial charge in [-0.25, -0.2) is 0 Å². The van der Waals surface area contributed by atoms with Gasteiger partial charge in [0.2, 0.25) is 0 Å². The summed E-state index contributed by atoms with van der Waals surface area (Å²) < 4.78 is 0. The molecule has 0 saturated heterocycles. The minimum Gasteiger partial charge on any atom is -0.314 e. The summed E-state index contributed by atoms with van der Waals surface area (Å²) in [4.78, 5) is 0. The molecule has 1 aromatic carbocycles. The van der Waals surface area contributed by atoms with Crippen molar-refractivity contribution in [2.24, 2.45) is 11.8 Å². The number of fused-ring (bicyclic) bond motifs is 1. The Kier molecular flexibility index (Phi) is 5.45. The highest BCUT2D eigenvalue weighted by atomic mass is 14.9. The van der Waals surface area contributed by atoms with Crippen LogP contribution in [0.15, 0.2) is 24.3 Å². The van der Waals surface area contributed by atoms with Gasteiger partial charge in [-0.05, 0) is 61.6 Å². The highest BCUT2D eigenvalue weighted by Gasteiger charge is 2.26. The van der Waals surface area contributed by atoms with Crippen molar-refractivity contribution in [2.45, 2.75) is 58.9 Å². The van der Waals surface area contributed by atoms with E-state index in [9.17, 15) is 0 Å². The summed E-state index contributed by atoms with van der Waals surface area (Å²) in [6.07, 6.45) is 6.43. The van der Waals surface area contributed by atoms with Crippen LogP contribution < -0.4 is 5.32 Å². The van der Waals surface area contributed by atoms with Gasteiger partial charge < -0.3 is 5.32 Å². The Balaban J connectivity index is 2.02. The van der Waals surface area contributed by atoms with Crippen molar-refractivity contribution in [1.29, 1.82) is 0 Å². The molecule has 0 aromatic heterocycles. The first kappa shape index (κ1) is 14.6. The van der Waals surface area contributed by atoms with Crippen LogP contribution in [-0.2, 0) is 12.8 Å². The van der Waals surface area contributed by atoms with E-state index >= 15 is 0 Å². The van der Waals surface area contributed by atoms with Crippen LogP contribution in [0, 0.1) is 11.8 Å². The van der Waals surface area contributed by atoms with E-state index in [1.165, 1.54) is 32.1 Å². The van der Waals surface area contributed by atoms with Crippen LogP contribution in [0.2, 0.25) is 0 Å². The molecule has 106 valence electrons. The van der Waals surface area contributed by atoms with Gasteiger partial charge in [-0.15, -0.1) is 0 Å². The number of hydrogen-bond acceptors (Lipinski definition) is 1. The van der Waals surface area contributed by atoms with E-state index in [-0.39, 0.29) is 0 Å². The molecule has 0 bridgehead atoms. The molecule has 2 rings (SSSR count). The van der Waals surface area contributed by atoms with Crippen molar-refractivity contribution >= 4 is 0 Å². The van der Waals surface area contributed by atoms with Gasteiger partial charge in [0.1, 0.15) is 0 Å². The van der Waals surface area contributed by atoms with Crippen LogP contribution in [0.25, 0.3) is 0 Å². The quantitative estimate of drug-likeness (QED) is 0.807. The second kappa shape index (κ2) is 7.09. The largest absolute Gasteiger partial charge is 0.314 e. The monoisotopic (exact) mass is 259 g/mol. The Morgan fingerprint density at radius 1 is 1.21 bits per heavy atom. The third-order valence-electron chi connectivity index (χ3n) is 4.34. The molecular formula is C18H29N. The first-order valence-electron chi connectivity index (χ1n) is 8.00. The van der Waals surface area contributed by atoms with E-state index in [1.807, 2.05) is 0 Å². The van der Waals surface area contributed by atoms with E-state index in [2.05, 4.69) is 50.4 Å². The second-order valence-electron chi connectivity index (χ2n) is 6.46. The van der Waals surface area contributed by atoms with Gasteiger partial charge in [-0.3, -0.25) is 0 Å². The zero-order chi connectivity index (χ0) is 13.7. The Labute approximate surface area is 118 Å². The zero-order valence-electron chi connectivity index (χ0n) is 12.8. The van der Waals surface area contributed by atoms with Crippen molar-refractivity contribution < 1.29 is 0 Å². The molecule has 1 N–H and O–H groups in total. The zero-order valence-corrected chi connectivity index (χ0v) is 12.8. The molecule has 0 fully saturated rings. The Morgan fingerprint density at radius 3 is 2.63 bits per heavy atom. The fourth-order valence-electron chi connectivity index (χ4n) is 3.35. The molecule has 1 aliphatic rings. The van der Waals surface area contributed by atoms with Gasteiger partial charge in [0.05, 0.1) is 0 Å². The van der Waals surface area contributed by atoms with Crippen LogP contribution >= 0.6 is 0 Å². The van der Waals surface area contributed by atoms with Crippen molar-refractivity contribution in [3.63, 3.8) is 0 Å². The van der Waals surface area contributed by atoms with E-state index in [1.54, 1.807) is 11.1 Å². The molecule has 0 heterocycles. The predicted octanol–water partition coefficient (Wildman–Crippen LogP) is 4.21. The standard InChI is InChI=1S/C18H29N/c1-4-11-19-18(12-14(2)3)17-10-9-15-7-5-6-8-16(15)13-17/h5-8,14,17-19H,4,9-13H2,1-3H3. The number of nitrogens with one attached hydrogen (secondary N) is 1. The fourth-order valence-corrected chi connectivity index (χ4v) is 3.35. The summed E-state index contributed by atoms with van der Waals surface area (Å²) in [5, 5.41) is 3.80. The average molecular weight is 259 g/mol. The minimum absolute atomic E-state index is 0.702. The summed E-state index contributed by atoms with van der Waals surface area (Å²) in [6.45, 7) is 8.11. The smallest absolute Gasteiger partial charge is 0.0101 e. The molecule has 1 nitrogen and oxygen atoms in total. The molecule has 19 heavy (non-hydrogen) atoms. The lowest BCUT2D eigenvalue weighted by Crippen LogP contribution is -2.40. The lowest BCUT2D eigenvalue weighted by Gasteiger charge is -2.33. The minimum atomic E-state index is 0.702. The molecule has 2 atom stereocenters. The maximum Gasteiger partial charge on any atom is 0.0101 e. The summed E-state index contributed by atoms with van der Waals surface area (Å²) in [7, 11) is 0. The number of rotatable bonds is 6. The summed E-state index contributed by atoms with van der Waals surface area (Å²) >= 11 is 0. The third-order valence-corrected chi connectivity index (χ3v) is 4.34. The molecule has 0 amide bonds. The Bertz CT molecular complexity index is 383. The molecule has 1 aliphatic carbocycles. The molecule has 0 saturated carbocycles. The maximum absolute atomic E-state index is 3.80. The van der Waals surface area contributed by atoms with Crippen molar-refractivity contribution in [3.05, 3.63) is 35.4 Å². The van der Waals surface area contributed by atoms with Crippen molar-refractivity contribution in [1.82, 2.24) is 5.32 Å². The van der Waals surface area contributed by atoms with Gasteiger partial charge in [0, 0.05) is 6.04 Å². The SMILES string of the molecule is CCCNC(CC(C)C)C1CCc2ccccc2C1. The van der Waals surface area contributed by atoms with E-state index < -0.39 is 0 Å². The van der Waals surface area contributed by atoms with Crippen LogP contribution in [0.5, 0.6) is 0 Å². The van der Waals surface area contributed by atoms with Gasteiger partial charge in [0.15, 0.2) is 0 Å². The molecule has 0 aliphatic heterocycles. The van der Waals surface area contributed by atoms with Crippen LogP contribution in [0.1, 0.15) is 51.2 Å². The number of hydrogen-bond donors (Lipinski definition) is 1. The van der Waals surface area contributed by atoms with Gasteiger partial charge in [-0.2, -0.15) is 0 Å². The lowest BCUT2D eigenvalue weighted by molar-refractivity contribution is 0.281. The molecule has 1 aromatic rings. The predicted molar refractivity (Wildman–Crippen MR) is 83.5 cm³/mol. The van der Waals surface area contributed by atoms with Crippen molar-refractivity contribution in [3.8, 4) is 0 Å². The highest BCUT2D eigenvalue weighted by molar-refractivity contribution is 5.30. The van der Waals surface area contributed by atoms with E-state index in [0.29, 0.717) is 6.04 Å². The number of aryl methyl sites for hydroxylation is 1. The molecule has 1 heteroatoms. The Hall–Kier alpha value is -0.820. The normalized spacial score (nSPS) is 20.3. The van der Waals surface area contributed by atoms with Gasteiger partial charge in [-0.1, -0.05) is 45.0 Å². The van der Waals surface area contributed by atoms with Crippen LogP contribution in [0.3, 0.4) is 0 Å². The highest BCUT2D eigenvalue weighted by Crippen LogP contribution is 2.29. The van der Waals surface area contributed by atoms with Gasteiger partial charge in [0.25, 0.3) is 0 Å². The summed E-state index contributed by atoms with van der Waals surface area (Å²) in [5.74, 6) is 1.61. The summed E-state index contributed by atoms with van der Waals surface area (Å²) in [5.41, 5.74) is 3.17. The number of benzene rings is 1. The molecule has 0 radical (unpaired) electrons. The Morgan fingerprint density at radius 2 is 1.95 bits per heavy atom. The molecule has 0 spiro atoms. The topological polar surface area (TPSA) is 12.0 Å². The molecule has 2 unspecified atom stereocenters. The van der Waals surface area contributed by atoms with Crippen molar-refractivity contribution in [2.75, 3.05) is 6.54 Å². The van der Waals surface area contributed by atoms with Crippen LogP contribution in [0.4, 0.5) is 0 Å².